The standard InChI is InChI=1S/C12H20N2O5S/c13-20(18,19)9-4-3-7-14(8-9)10(15)12(11(16)17)5-1-2-6-12/h9H,1-8H2,(H,16,17)(H2,13,18,19). The number of aliphatic carboxylic acids is 1. The van der Waals surface area contributed by atoms with Crippen LogP contribution in [0.1, 0.15) is 38.5 Å². The maximum absolute atomic E-state index is 12.5. The summed E-state index contributed by atoms with van der Waals surface area (Å²) in [7, 11) is -3.70. The smallest absolute Gasteiger partial charge is 0.319 e. The molecule has 1 heterocycles. The molecule has 1 atom stereocenters. The van der Waals surface area contributed by atoms with Gasteiger partial charge in [-0.3, -0.25) is 9.59 Å². The first kappa shape index (κ1) is 15.2. The number of carbonyl (C=O) groups excluding carboxylic acids is 1. The molecule has 1 amide bonds. The lowest BCUT2D eigenvalue weighted by Crippen LogP contribution is -2.53. The van der Waals surface area contributed by atoms with E-state index in [1.165, 1.54) is 4.90 Å². The minimum atomic E-state index is -3.70. The van der Waals surface area contributed by atoms with Gasteiger partial charge in [-0.15, -0.1) is 0 Å². The summed E-state index contributed by atoms with van der Waals surface area (Å²) in [6.45, 7) is 0.409. The molecule has 3 N–H and O–H groups in total. The highest BCUT2D eigenvalue weighted by atomic mass is 32.2. The van der Waals surface area contributed by atoms with E-state index in [1.54, 1.807) is 0 Å². The van der Waals surface area contributed by atoms with Crippen LogP contribution in [-0.4, -0.2) is 48.6 Å². The van der Waals surface area contributed by atoms with Gasteiger partial charge in [0.25, 0.3) is 0 Å². The Morgan fingerprint density at radius 1 is 1.20 bits per heavy atom. The molecular weight excluding hydrogens is 284 g/mol. The summed E-state index contributed by atoms with van der Waals surface area (Å²) in [4.78, 5) is 25.4. The van der Waals surface area contributed by atoms with E-state index in [2.05, 4.69) is 0 Å². The lowest BCUT2D eigenvalue weighted by Gasteiger charge is -2.36. The van der Waals surface area contributed by atoms with Crippen molar-refractivity contribution in [2.75, 3.05) is 13.1 Å². The van der Waals surface area contributed by atoms with Gasteiger partial charge in [0.15, 0.2) is 0 Å². The zero-order valence-electron chi connectivity index (χ0n) is 11.2. The molecule has 1 saturated heterocycles. The van der Waals surface area contributed by atoms with E-state index in [4.69, 9.17) is 5.14 Å². The molecule has 0 bridgehead atoms. The molecule has 8 heteroatoms. The van der Waals surface area contributed by atoms with Crippen LogP contribution in [0.4, 0.5) is 0 Å². The van der Waals surface area contributed by atoms with Gasteiger partial charge in [-0.2, -0.15) is 0 Å². The fraction of sp³-hybridized carbons (Fsp3) is 0.833. The van der Waals surface area contributed by atoms with Crippen LogP contribution in [0.15, 0.2) is 0 Å². The molecule has 0 spiro atoms. The zero-order valence-corrected chi connectivity index (χ0v) is 12.1. The molecule has 7 nitrogen and oxygen atoms in total. The van der Waals surface area contributed by atoms with Crippen molar-refractivity contribution in [3.8, 4) is 0 Å². The maximum atomic E-state index is 12.5. The summed E-state index contributed by atoms with van der Waals surface area (Å²) < 4.78 is 22.8. The molecule has 2 rings (SSSR count). The number of hydrogen-bond donors (Lipinski definition) is 2. The van der Waals surface area contributed by atoms with Gasteiger partial charge >= 0.3 is 5.97 Å². The number of rotatable bonds is 3. The summed E-state index contributed by atoms with van der Waals surface area (Å²) in [5, 5.41) is 13.8. The Hall–Kier alpha value is -1.15. The second kappa shape index (κ2) is 5.33. The predicted molar refractivity (Wildman–Crippen MR) is 71.2 cm³/mol. The van der Waals surface area contributed by atoms with Crippen LogP contribution in [0.2, 0.25) is 0 Å². The van der Waals surface area contributed by atoms with Crippen molar-refractivity contribution in [3.05, 3.63) is 0 Å². The molecule has 114 valence electrons. The summed E-state index contributed by atoms with van der Waals surface area (Å²) in [6, 6.07) is 0. The van der Waals surface area contributed by atoms with Gasteiger partial charge < -0.3 is 10.0 Å². The van der Waals surface area contributed by atoms with Gasteiger partial charge in [0.1, 0.15) is 5.41 Å². The average molecular weight is 304 g/mol. The monoisotopic (exact) mass is 304 g/mol. The van der Waals surface area contributed by atoms with Crippen LogP contribution in [0, 0.1) is 5.41 Å². The summed E-state index contributed by atoms with van der Waals surface area (Å²) in [5.41, 5.74) is -1.36. The van der Waals surface area contributed by atoms with Crippen LogP contribution in [-0.2, 0) is 19.6 Å². The number of sulfonamides is 1. The Labute approximate surface area is 118 Å². The van der Waals surface area contributed by atoms with Crippen molar-refractivity contribution < 1.29 is 23.1 Å². The molecule has 0 aromatic rings. The highest BCUT2D eigenvalue weighted by Crippen LogP contribution is 2.40. The second-order valence-corrected chi connectivity index (χ2v) is 7.54. The number of hydrogen-bond acceptors (Lipinski definition) is 4. The van der Waals surface area contributed by atoms with E-state index in [9.17, 15) is 23.1 Å². The summed E-state index contributed by atoms with van der Waals surface area (Å²) in [6.07, 6.45) is 3.04. The van der Waals surface area contributed by atoms with Crippen LogP contribution in [0.5, 0.6) is 0 Å². The quantitative estimate of drug-likeness (QED) is 0.707. The number of carbonyl (C=O) groups is 2. The third-order valence-electron chi connectivity index (χ3n) is 4.41. The topological polar surface area (TPSA) is 118 Å². The number of primary sulfonamides is 1. The molecule has 0 radical (unpaired) electrons. The van der Waals surface area contributed by atoms with E-state index in [0.717, 1.165) is 0 Å². The van der Waals surface area contributed by atoms with Crippen LogP contribution >= 0.6 is 0 Å². The fourth-order valence-corrected chi connectivity index (χ4v) is 4.07. The Balaban J connectivity index is 2.18. The van der Waals surface area contributed by atoms with Crippen LogP contribution in [0.3, 0.4) is 0 Å². The third-order valence-corrected chi connectivity index (χ3v) is 5.72. The van der Waals surface area contributed by atoms with Gasteiger partial charge in [0.2, 0.25) is 15.9 Å². The van der Waals surface area contributed by atoms with E-state index in [1.807, 2.05) is 0 Å². The van der Waals surface area contributed by atoms with E-state index >= 15 is 0 Å². The van der Waals surface area contributed by atoms with E-state index in [-0.39, 0.29) is 6.54 Å². The van der Waals surface area contributed by atoms with E-state index < -0.39 is 32.6 Å². The number of nitrogens with two attached hydrogens (primary N) is 1. The van der Waals surface area contributed by atoms with Crippen molar-refractivity contribution in [1.29, 1.82) is 0 Å². The van der Waals surface area contributed by atoms with Crippen molar-refractivity contribution in [3.63, 3.8) is 0 Å². The molecule has 1 aliphatic heterocycles. The SMILES string of the molecule is NS(=O)(=O)C1CCCN(C(=O)C2(C(=O)O)CCCC2)C1. The van der Waals surface area contributed by atoms with Crippen LogP contribution < -0.4 is 5.14 Å². The third kappa shape index (κ3) is 2.67. The highest BCUT2D eigenvalue weighted by molar-refractivity contribution is 7.89. The molecule has 1 saturated carbocycles. The van der Waals surface area contributed by atoms with Gasteiger partial charge in [-0.05, 0) is 25.7 Å². The van der Waals surface area contributed by atoms with Gasteiger partial charge in [0, 0.05) is 13.1 Å². The van der Waals surface area contributed by atoms with Crippen molar-refractivity contribution in [2.24, 2.45) is 10.6 Å². The molecule has 2 fully saturated rings. The van der Waals surface area contributed by atoms with Crippen molar-refractivity contribution in [2.45, 2.75) is 43.8 Å². The fourth-order valence-electron chi connectivity index (χ4n) is 3.19. The minimum absolute atomic E-state index is 0.00664. The van der Waals surface area contributed by atoms with Gasteiger partial charge in [0.05, 0.1) is 5.25 Å². The first-order valence-corrected chi connectivity index (χ1v) is 8.43. The first-order chi connectivity index (χ1) is 9.27. The number of likely N-dealkylation sites (tertiary alicyclic amines) is 1. The number of piperidine rings is 1. The Kier molecular flexibility index (Phi) is 4.06. The van der Waals surface area contributed by atoms with Gasteiger partial charge in [-0.1, -0.05) is 12.8 Å². The van der Waals surface area contributed by atoms with Gasteiger partial charge in [-0.25, -0.2) is 13.6 Å². The minimum Gasteiger partial charge on any atom is -0.480 e. The first-order valence-electron chi connectivity index (χ1n) is 6.82. The number of amides is 1. The molecule has 1 aliphatic carbocycles. The maximum Gasteiger partial charge on any atom is 0.319 e. The average Bonchev–Trinajstić information content (AvgIpc) is 2.87. The Morgan fingerprint density at radius 3 is 2.30 bits per heavy atom. The van der Waals surface area contributed by atoms with Crippen molar-refractivity contribution in [1.82, 2.24) is 4.90 Å². The lowest BCUT2D eigenvalue weighted by atomic mass is 9.84. The lowest BCUT2D eigenvalue weighted by molar-refractivity contribution is -0.160. The predicted octanol–water partition coefficient (Wildman–Crippen LogP) is -0.0891. The molecule has 2 aliphatic rings. The van der Waals surface area contributed by atoms with Crippen molar-refractivity contribution >= 4 is 21.9 Å². The van der Waals surface area contributed by atoms with E-state index in [0.29, 0.717) is 45.1 Å². The number of carboxylic acids is 1. The summed E-state index contributed by atoms with van der Waals surface area (Å²) in [5.74, 6) is -1.55. The zero-order chi connectivity index (χ0) is 15.0. The number of carboxylic acid groups (broad SMARTS) is 1. The second-order valence-electron chi connectivity index (χ2n) is 5.70. The number of nitrogens with zero attached hydrogens (tertiary/aromatic N) is 1. The Bertz CT molecular complexity index is 510. The molecule has 20 heavy (non-hydrogen) atoms. The van der Waals surface area contributed by atoms with Crippen LogP contribution in [0.25, 0.3) is 0 Å². The Morgan fingerprint density at radius 2 is 1.80 bits per heavy atom. The highest BCUT2D eigenvalue weighted by Gasteiger charge is 2.51. The normalized spacial score (nSPS) is 26.4. The molecule has 0 aromatic heterocycles. The molecule has 0 aromatic carbocycles. The summed E-state index contributed by atoms with van der Waals surface area (Å²) >= 11 is 0. The molecule has 1 unspecified atom stereocenters. The largest absolute Gasteiger partial charge is 0.480 e. The molecular formula is C12H20N2O5S.